The number of para-hydroxylation sites is 1. The van der Waals surface area contributed by atoms with Crippen LogP contribution in [0.1, 0.15) is 21.7 Å². The summed E-state index contributed by atoms with van der Waals surface area (Å²) in [4.78, 5) is 36.7. The van der Waals surface area contributed by atoms with Gasteiger partial charge >= 0.3 is 5.82 Å². The molecule has 32 heavy (non-hydrogen) atoms. The third kappa shape index (κ3) is 3.81. The number of hydrogen-bond acceptors (Lipinski definition) is 5. The van der Waals surface area contributed by atoms with Crippen LogP contribution in [0, 0.1) is 17.0 Å². The summed E-state index contributed by atoms with van der Waals surface area (Å²) >= 11 is 0. The highest BCUT2D eigenvalue weighted by molar-refractivity contribution is 6.03. The highest BCUT2D eigenvalue weighted by atomic mass is 16.6. The zero-order valence-electron chi connectivity index (χ0n) is 17.4. The Bertz CT molecular complexity index is 1350. The lowest BCUT2D eigenvalue weighted by molar-refractivity contribution is -0.389. The smallest absolute Gasteiger partial charge is 0.358 e. The molecule has 2 heterocycles. The number of amides is 1. The van der Waals surface area contributed by atoms with E-state index in [0.29, 0.717) is 11.4 Å². The monoisotopic (exact) mass is 432 g/mol. The highest BCUT2D eigenvalue weighted by Crippen LogP contribution is 2.18. The number of nitro groups is 1. The molecular formula is C22H20N6O4. The van der Waals surface area contributed by atoms with E-state index in [1.165, 1.54) is 9.36 Å². The van der Waals surface area contributed by atoms with Gasteiger partial charge in [-0.05, 0) is 29.5 Å². The maximum Gasteiger partial charge on any atom is 0.390 e. The standard InChI is InChI=1S/C22H20N6O4/c1-15-20(22(30)27(25(15)2)17-11-7-4-8-12-17)23-21(29)18-13-19(28(31)32)24-26(18)14-16-9-5-3-6-10-16/h3-13H,14H2,1-2H3,(H,23,29). The lowest BCUT2D eigenvalue weighted by Crippen LogP contribution is -2.24. The Balaban J connectivity index is 1.71. The number of anilines is 1. The Morgan fingerprint density at radius 2 is 1.72 bits per heavy atom. The minimum Gasteiger partial charge on any atom is -0.358 e. The summed E-state index contributed by atoms with van der Waals surface area (Å²) in [5.41, 5.74) is 1.67. The van der Waals surface area contributed by atoms with Crippen molar-refractivity contribution in [2.45, 2.75) is 13.5 Å². The molecule has 0 atom stereocenters. The first-order chi connectivity index (χ1) is 15.4. The van der Waals surface area contributed by atoms with E-state index >= 15 is 0 Å². The van der Waals surface area contributed by atoms with Crippen molar-refractivity contribution >= 4 is 17.4 Å². The fraction of sp³-hybridized carbons (Fsp3) is 0.136. The topological polar surface area (TPSA) is 117 Å². The van der Waals surface area contributed by atoms with Crippen molar-refractivity contribution in [2.24, 2.45) is 7.05 Å². The van der Waals surface area contributed by atoms with Gasteiger partial charge in [-0.1, -0.05) is 48.5 Å². The van der Waals surface area contributed by atoms with Crippen molar-refractivity contribution in [3.05, 3.63) is 104 Å². The van der Waals surface area contributed by atoms with Gasteiger partial charge in [0.25, 0.3) is 11.5 Å². The molecule has 1 N–H and O–H groups in total. The molecule has 0 unspecified atom stereocenters. The summed E-state index contributed by atoms with van der Waals surface area (Å²) in [6.45, 7) is 1.87. The molecule has 0 aliphatic heterocycles. The molecule has 0 aliphatic carbocycles. The molecule has 0 saturated heterocycles. The van der Waals surface area contributed by atoms with Crippen molar-refractivity contribution in [1.82, 2.24) is 19.1 Å². The van der Waals surface area contributed by atoms with Gasteiger partial charge in [-0.15, -0.1) is 0 Å². The second kappa shape index (κ2) is 8.34. The van der Waals surface area contributed by atoms with Crippen molar-refractivity contribution in [2.75, 3.05) is 5.32 Å². The predicted octanol–water partition coefficient (Wildman–Crippen LogP) is 2.89. The Kier molecular flexibility index (Phi) is 5.42. The summed E-state index contributed by atoms with van der Waals surface area (Å²) in [5, 5.41) is 17.8. The van der Waals surface area contributed by atoms with Crippen LogP contribution in [0.2, 0.25) is 0 Å². The van der Waals surface area contributed by atoms with Crippen LogP contribution in [0.3, 0.4) is 0 Å². The number of rotatable bonds is 6. The van der Waals surface area contributed by atoms with Gasteiger partial charge in [0.2, 0.25) is 0 Å². The van der Waals surface area contributed by atoms with E-state index in [4.69, 9.17) is 0 Å². The van der Waals surface area contributed by atoms with E-state index in [9.17, 15) is 19.7 Å². The van der Waals surface area contributed by atoms with Crippen LogP contribution in [0.25, 0.3) is 5.69 Å². The maximum atomic E-state index is 13.1. The van der Waals surface area contributed by atoms with Crippen LogP contribution in [0.5, 0.6) is 0 Å². The van der Waals surface area contributed by atoms with Crippen molar-refractivity contribution in [1.29, 1.82) is 0 Å². The lowest BCUT2D eigenvalue weighted by atomic mass is 10.2. The van der Waals surface area contributed by atoms with Crippen LogP contribution in [-0.4, -0.2) is 30.0 Å². The van der Waals surface area contributed by atoms with E-state index < -0.39 is 22.2 Å². The average molecular weight is 432 g/mol. The third-order valence-corrected chi connectivity index (χ3v) is 5.15. The van der Waals surface area contributed by atoms with E-state index in [2.05, 4.69) is 10.4 Å². The molecule has 162 valence electrons. The highest BCUT2D eigenvalue weighted by Gasteiger charge is 2.26. The summed E-state index contributed by atoms with van der Waals surface area (Å²) in [6.07, 6.45) is 0. The van der Waals surface area contributed by atoms with Gasteiger partial charge in [0, 0.05) is 7.05 Å². The average Bonchev–Trinajstić information content (AvgIpc) is 3.30. The number of benzene rings is 2. The molecule has 0 radical (unpaired) electrons. The van der Waals surface area contributed by atoms with Gasteiger partial charge in [-0.2, -0.15) is 4.68 Å². The normalized spacial score (nSPS) is 10.8. The first kappa shape index (κ1) is 20.8. The number of hydrogen-bond donors (Lipinski definition) is 1. The first-order valence-corrected chi connectivity index (χ1v) is 9.78. The molecule has 0 spiro atoms. The van der Waals surface area contributed by atoms with E-state index in [1.54, 1.807) is 30.8 Å². The summed E-state index contributed by atoms with van der Waals surface area (Å²) in [7, 11) is 1.71. The largest absolute Gasteiger partial charge is 0.390 e. The molecule has 2 aromatic heterocycles. The lowest BCUT2D eigenvalue weighted by Gasteiger charge is -2.07. The quantitative estimate of drug-likeness (QED) is 0.371. The fourth-order valence-corrected chi connectivity index (χ4v) is 3.44. The Labute approximate surface area is 182 Å². The Hall–Kier alpha value is -4.47. The molecule has 0 bridgehead atoms. The van der Waals surface area contributed by atoms with Gasteiger partial charge in [-0.25, -0.2) is 4.68 Å². The second-order valence-electron chi connectivity index (χ2n) is 7.18. The molecule has 2 aromatic carbocycles. The summed E-state index contributed by atoms with van der Waals surface area (Å²) in [5.74, 6) is -1.11. The number of carbonyl (C=O) groups excluding carboxylic acids is 1. The number of carbonyl (C=O) groups is 1. The van der Waals surface area contributed by atoms with E-state index in [1.807, 2.05) is 48.5 Å². The minimum absolute atomic E-state index is 0.0190. The zero-order valence-corrected chi connectivity index (χ0v) is 17.4. The molecule has 10 nitrogen and oxygen atoms in total. The summed E-state index contributed by atoms with van der Waals surface area (Å²) < 4.78 is 4.34. The molecule has 0 saturated carbocycles. The SMILES string of the molecule is Cc1c(NC(=O)c2cc([N+](=O)[O-])nn2Cc2ccccc2)c(=O)n(-c2ccccc2)n1C. The van der Waals surface area contributed by atoms with Crippen LogP contribution < -0.4 is 10.9 Å². The fourth-order valence-electron chi connectivity index (χ4n) is 3.44. The number of aromatic nitrogens is 4. The van der Waals surface area contributed by atoms with Crippen molar-refractivity contribution in [3.63, 3.8) is 0 Å². The van der Waals surface area contributed by atoms with Gasteiger partial charge < -0.3 is 15.4 Å². The molecule has 4 rings (SSSR count). The first-order valence-electron chi connectivity index (χ1n) is 9.78. The minimum atomic E-state index is -0.660. The molecule has 0 fully saturated rings. The van der Waals surface area contributed by atoms with Crippen molar-refractivity contribution < 1.29 is 9.72 Å². The van der Waals surface area contributed by atoms with Gasteiger partial charge in [0.1, 0.15) is 5.69 Å². The third-order valence-electron chi connectivity index (χ3n) is 5.15. The Morgan fingerprint density at radius 1 is 1.09 bits per heavy atom. The van der Waals surface area contributed by atoms with Gasteiger partial charge in [-0.3, -0.25) is 14.3 Å². The van der Waals surface area contributed by atoms with E-state index in [0.717, 1.165) is 11.6 Å². The van der Waals surface area contributed by atoms with Crippen LogP contribution >= 0.6 is 0 Å². The second-order valence-corrected chi connectivity index (χ2v) is 7.18. The zero-order chi connectivity index (χ0) is 22.8. The van der Waals surface area contributed by atoms with Crippen LogP contribution in [-0.2, 0) is 13.6 Å². The van der Waals surface area contributed by atoms with E-state index in [-0.39, 0.29) is 17.9 Å². The predicted molar refractivity (Wildman–Crippen MR) is 118 cm³/mol. The Morgan fingerprint density at radius 3 is 2.34 bits per heavy atom. The molecule has 0 aliphatic rings. The van der Waals surface area contributed by atoms with Gasteiger partial charge in [0.05, 0.1) is 29.1 Å². The molecule has 4 aromatic rings. The van der Waals surface area contributed by atoms with Crippen LogP contribution in [0.15, 0.2) is 71.5 Å². The number of nitrogens with zero attached hydrogens (tertiary/aromatic N) is 5. The molecule has 1 amide bonds. The van der Waals surface area contributed by atoms with Gasteiger partial charge in [0.15, 0.2) is 5.69 Å². The molecule has 10 heteroatoms. The van der Waals surface area contributed by atoms with Crippen LogP contribution in [0.4, 0.5) is 11.5 Å². The number of nitrogens with one attached hydrogen (secondary N) is 1. The maximum absolute atomic E-state index is 13.1. The molecular weight excluding hydrogens is 412 g/mol. The summed E-state index contributed by atoms with van der Waals surface area (Å²) in [6, 6.07) is 19.3. The van der Waals surface area contributed by atoms with Crippen molar-refractivity contribution in [3.8, 4) is 5.69 Å².